The zero-order valence-electron chi connectivity index (χ0n) is 18.7. The Balaban J connectivity index is 1.38. The van der Waals surface area contributed by atoms with Crippen molar-refractivity contribution in [1.29, 1.82) is 0 Å². The molecule has 3 aliphatic heterocycles. The standard InChI is InChI=1S/C27H26N2O3S/c1-29-21-7-3-4-8-23(21)33-24-15-16(10-12-22(24)29)25-18-6-5-13-32-26(18)19-14-17(27(30)31-2)9-11-20(19)28-25/h3-4,7-12,14-15,18,25-26,28H,5-6,13H2,1-2H3/t18-,25-,26-/m0/s1. The molecule has 1 fully saturated rings. The quantitative estimate of drug-likeness (QED) is 0.452. The molecule has 0 spiro atoms. The van der Waals surface area contributed by atoms with Gasteiger partial charge in [-0.2, -0.15) is 0 Å². The zero-order chi connectivity index (χ0) is 22.5. The van der Waals surface area contributed by atoms with Crippen molar-refractivity contribution in [3.63, 3.8) is 0 Å². The molecule has 0 unspecified atom stereocenters. The number of nitrogens with one attached hydrogen (secondary N) is 1. The fourth-order valence-corrected chi connectivity index (χ4v) is 6.60. The highest BCUT2D eigenvalue weighted by atomic mass is 32.2. The van der Waals surface area contributed by atoms with Crippen LogP contribution in [0.25, 0.3) is 0 Å². The molecule has 3 aromatic carbocycles. The number of esters is 1. The number of carbonyl (C=O) groups is 1. The number of fused-ring (bicyclic) bond motifs is 5. The third-order valence-electron chi connectivity index (χ3n) is 7.04. The number of methoxy groups -OCH3 is 1. The third kappa shape index (κ3) is 3.40. The largest absolute Gasteiger partial charge is 0.465 e. The van der Waals surface area contributed by atoms with Crippen molar-refractivity contribution >= 4 is 34.8 Å². The minimum absolute atomic E-state index is 0.0308. The van der Waals surface area contributed by atoms with E-state index < -0.39 is 0 Å². The molecule has 0 bridgehead atoms. The Morgan fingerprint density at radius 1 is 1.09 bits per heavy atom. The summed E-state index contributed by atoms with van der Waals surface area (Å²) in [6, 6.07) is 21.3. The maximum absolute atomic E-state index is 12.1. The van der Waals surface area contributed by atoms with Gasteiger partial charge in [-0.05, 0) is 60.9 Å². The summed E-state index contributed by atoms with van der Waals surface area (Å²) in [6.45, 7) is 0.747. The molecule has 168 valence electrons. The lowest BCUT2D eigenvalue weighted by Crippen LogP contribution is -2.36. The second-order valence-electron chi connectivity index (χ2n) is 8.87. The van der Waals surface area contributed by atoms with E-state index in [-0.39, 0.29) is 18.1 Å². The number of anilines is 3. The number of rotatable bonds is 2. The number of para-hydroxylation sites is 1. The van der Waals surface area contributed by atoms with E-state index in [1.807, 2.05) is 30.0 Å². The molecule has 3 aromatic rings. The van der Waals surface area contributed by atoms with Gasteiger partial charge in [-0.25, -0.2) is 4.79 Å². The maximum atomic E-state index is 12.1. The lowest BCUT2D eigenvalue weighted by molar-refractivity contribution is -0.0381. The minimum Gasteiger partial charge on any atom is -0.465 e. The lowest BCUT2D eigenvalue weighted by atomic mass is 9.77. The molecule has 33 heavy (non-hydrogen) atoms. The summed E-state index contributed by atoms with van der Waals surface area (Å²) in [4.78, 5) is 16.9. The second-order valence-corrected chi connectivity index (χ2v) is 9.95. The zero-order valence-corrected chi connectivity index (χ0v) is 19.5. The van der Waals surface area contributed by atoms with Crippen LogP contribution in [-0.2, 0) is 9.47 Å². The van der Waals surface area contributed by atoms with Crippen molar-refractivity contribution in [3.8, 4) is 0 Å². The van der Waals surface area contributed by atoms with Gasteiger partial charge in [0.1, 0.15) is 0 Å². The van der Waals surface area contributed by atoms with Gasteiger partial charge in [-0.3, -0.25) is 0 Å². The van der Waals surface area contributed by atoms with Gasteiger partial charge in [0.15, 0.2) is 0 Å². The number of benzene rings is 3. The molecule has 1 N–H and O–H groups in total. The first-order valence-electron chi connectivity index (χ1n) is 11.4. The van der Waals surface area contributed by atoms with Crippen LogP contribution in [-0.4, -0.2) is 26.7 Å². The van der Waals surface area contributed by atoms with Gasteiger partial charge in [0, 0.05) is 40.6 Å². The first-order chi connectivity index (χ1) is 16.1. The van der Waals surface area contributed by atoms with Crippen LogP contribution < -0.4 is 10.2 Å². The fraction of sp³-hybridized carbons (Fsp3) is 0.296. The van der Waals surface area contributed by atoms with Crippen LogP contribution in [0.4, 0.5) is 17.1 Å². The first-order valence-corrected chi connectivity index (χ1v) is 12.2. The van der Waals surface area contributed by atoms with E-state index in [1.54, 1.807) is 0 Å². The summed E-state index contributed by atoms with van der Waals surface area (Å²) in [5, 5.41) is 3.78. The average molecular weight is 459 g/mol. The predicted molar refractivity (Wildman–Crippen MR) is 131 cm³/mol. The summed E-state index contributed by atoms with van der Waals surface area (Å²) in [7, 11) is 3.55. The van der Waals surface area contributed by atoms with Crippen LogP contribution >= 0.6 is 11.8 Å². The maximum Gasteiger partial charge on any atom is 0.337 e. The van der Waals surface area contributed by atoms with E-state index in [0.717, 1.165) is 30.7 Å². The van der Waals surface area contributed by atoms with Gasteiger partial charge in [-0.1, -0.05) is 30.0 Å². The number of hydrogen-bond acceptors (Lipinski definition) is 6. The summed E-state index contributed by atoms with van der Waals surface area (Å²) < 4.78 is 11.2. The van der Waals surface area contributed by atoms with Crippen molar-refractivity contribution in [2.75, 3.05) is 31.0 Å². The highest BCUT2D eigenvalue weighted by molar-refractivity contribution is 7.99. The van der Waals surface area contributed by atoms with Crippen molar-refractivity contribution in [3.05, 3.63) is 77.4 Å². The van der Waals surface area contributed by atoms with E-state index >= 15 is 0 Å². The molecular formula is C27H26N2O3S. The van der Waals surface area contributed by atoms with Crippen LogP contribution in [0, 0.1) is 5.92 Å². The first kappa shape index (κ1) is 20.6. The van der Waals surface area contributed by atoms with Crippen LogP contribution in [0.2, 0.25) is 0 Å². The molecule has 3 aliphatic rings. The van der Waals surface area contributed by atoms with Crippen LogP contribution in [0.15, 0.2) is 70.5 Å². The Morgan fingerprint density at radius 2 is 1.94 bits per heavy atom. The molecule has 6 rings (SSSR count). The van der Waals surface area contributed by atoms with Gasteiger partial charge >= 0.3 is 5.97 Å². The molecule has 0 amide bonds. The number of hydrogen-bond donors (Lipinski definition) is 1. The molecule has 3 atom stereocenters. The van der Waals surface area contributed by atoms with E-state index in [1.165, 1.54) is 33.8 Å². The highest BCUT2D eigenvalue weighted by Gasteiger charge is 2.40. The van der Waals surface area contributed by atoms with E-state index in [4.69, 9.17) is 9.47 Å². The van der Waals surface area contributed by atoms with E-state index in [2.05, 4.69) is 59.7 Å². The molecule has 6 heteroatoms. The molecule has 0 aliphatic carbocycles. The van der Waals surface area contributed by atoms with Gasteiger partial charge in [0.25, 0.3) is 0 Å². The van der Waals surface area contributed by atoms with E-state index in [9.17, 15) is 4.79 Å². The van der Waals surface area contributed by atoms with Gasteiger partial charge in [0.2, 0.25) is 0 Å². The molecule has 5 nitrogen and oxygen atoms in total. The molecule has 3 heterocycles. The molecule has 1 saturated heterocycles. The number of ether oxygens (including phenoxy) is 2. The normalized spacial score (nSPS) is 22.8. The lowest BCUT2D eigenvalue weighted by Gasteiger charge is -2.43. The van der Waals surface area contributed by atoms with E-state index in [0.29, 0.717) is 11.5 Å². The molecular weight excluding hydrogens is 432 g/mol. The Bertz CT molecular complexity index is 1240. The van der Waals surface area contributed by atoms with Crippen LogP contribution in [0.5, 0.6) is 0 Å². The summed E-state index contributed by atoms with van der Waals surface area (Å²) in [5.74, 6) is -0.0146. The van der Waals surface area contributed by atoms with Crippen LogP contribution in [0.1, 0.15) is 46.5 Å². The Labute approximate surface area is 198 Å². The highest BCUT2D eigenvalue weighted by Crippen LogP contribution is 2.52. The Kier molecular flexibility index (Phi) is 5.07. The van der Waals surface area contributed by atoms with Crippen LogP contribution in [0.3, 0.4) is 0 Å². The summed E-state index contributed by atoms with van der Waals surface area (Å²) in [6.07, 6.45) is 2.09. The topological polar surface area (TPSA) is 50.8 Å². The van der Waals surface area contributed by atoms with Gasteiger partial charge in [-0.15, -0.1) is 0 Å². The van der Waals surface area contributed by atoms with Crippen molar-refractivity contribution < 1.29 is 14.3 Å². The SMILES string of the molecule is COC(=O)c1ccc2c(c1)[C@H]1OCCC[C@H]1[C@H](c1ccc3c(c1)Sc1ccccc1N3C)N2. The van der Waals surface area contributed by atoms with Gasteiger partial charge < -0.3 is 19.7 Å². The minimum atomic E-state index is -0.316. The Morgan fingerprint density at radius 3 is 2.82 bits per heavy atom. The molecule has 0 aromatic heterocycles. The molecule has 0 radical (unpaired) electrons. The average Bonchev–Trinajstić information content (AvgIpc) is 2.87. The smallest absolute Gasteiger partial charge is 0.337 e. The fourth-order valence-electron chi connectivity index (χ4n) is 5.40. The predicted octanol–water partition coefficient (Wildman–Crippen LogP) is 6.34. The van der Waals surface area contributed by atoms with Crippen molar-refractivity contribution in [2.24, 2.45) is 5.92 Å². The Hall–Kier alpha value is -2.96. The number of nitrogens with zero attached hydrogens (tertiary/aromatic N) is 1. The van der Waals surface area contributed by atoms with Gasteiger partial charge in [0.05, 0.1) is 36.2 Å². The second kappa shape index (κ2) is 8.12. The summed E-state index contributed by atoms with van der Waals surface area (Å²) in [5.41, 5.74) is 6.41. The summed E-state index contributed by atoms with van der Waals surface area (Å²) >= 11 is 1.83. The number of carbonyl (C=O) groups excluding carboxylic acids is 1. The van der Waals surface area contributed by atoms with Crippen molar-refractivity contribution in [2.45, 2.75) is 34.8 Å². The van der Waals surface area contributed by atoms with Crippen molar-refractivity contribution in [1.82, 2.24) is 0 Å². The third-order valence-corrected chi connectivity index (χ3v) is 8.15. The molecule has 0 saturated carbocycles. The monoisotopic (exact) mass is 458 g/mol.